The highest BCUT2D eigenvalue weighted by Crippen LogP contribution is 2.43. The van der Waals surface area contributed by atoms with E-state index in [1.54, 1.807) is 0 Å². The molecule has 0 spiro atoms. The lowest BCUT2D eigenvalue weighted by molar-refractivity contribution is 1.20. The normalized spacial score (nSPS) is 12.0. The lowest BCUT2D eigenvalue weighted by atomic mass is 9.97. The van der Waals surface area contributed by atoms with Crippen LogP contribution in [0.15, 0.2) is 194 Å². The molecular weight excluding hydrogens is 685 g/mol. The molecule has 0 amide bonds. The van der Waals surface area contributed by atoms with Gasteiger partial charge in [-0.2, -0.15) is 0 Å². The summed E-state index contributed by atoms with van der Waals surface area (Å²) in [7, 11) is 0. The van der Waals surface area contributed by atoms with Crippen molar-refractivity contribution < 1.29 is 0 Å². The van der Waals surface area contributed by atoms with E-state index in [1.165, 1.54) is 108 Å². The molecule has 0 atom stereocenters. The number of rotatable bonds is 4. The summed E-state index contributed by atoms with van der Waals surface area (Å²) in [6, 6.07) is 71.4. The molecule has 12 rings (SSSR count). The molecule has 0 N–H and O–H groups in total. The zero-order valence-corrected chi connectivity index (χ0v) is 30.6. The van der Waals surface area contributed by atoms with E-state index in [9.17, 15) is 0 Å². The van der Waals surface area contributed by atoms with Crippen LogP contribution in [0.3, 0.4) is 0 Å². The summed E-state index contributed by atoms with van der Waals surface area (Å²) in [5.41, 5.74) is 12.2. The van der Waals surface area contributed by atoms with Crippen molar-refractivity contribution >= 4 is 85.9 Å². The van der Waals surface area contributed by atoms with Crippen molar-refractivity contribution in [1.29, 1.82) is 0 Å². The van der Waals surface area contributed by atoms with E-state index in [0.29, 0.717) is 0 Å². The summed E-state index contributed by atoms with van der Waals surface area (Å²) in [6.07, 6.45) is 0. The van der Waals surface area contributed by atoms with Crippen LogP contribution in [0.1, 0.15) is 0 Å². The van der Waals surface area contributed by atoms with Crippen LogP contribution in [0, 0.1) is 0 Å². The van der Waals surface area contributed by atoms with Gasteiger partial charge in [-0.3, -0.25) is 0 Å². The minimum absolute atomic E-state index is 1.19. The summed E-state index contributed by atoms with van der Waals surface area (Å²) >= 11 is 1.88. The van der Waals surface area contributed by atoms with E-state index in [-0.39, 0.29) is 0 Å². The molecular formula is C52H32N2S. The Bertz CT molecular complexity index is 3490. The Labute approximate surface area is 321 Å². The van der Waals surface area contributed by atoms with Gasteiger partial charge in [0.15, 0.2) is 0 Å². The third kappa shape index (κ3) is 4.48. The van der Waals surface area contributed by atoms with Gasteiger partial charge in [-0.05, 0) is 82.2 Å². The second-order valence-corrected chi connectivity index (χ2v) is 15.5. The molecule has 0 saturated heterocycles. The molecule has 0 aliphatic rings. The second-order valence-electron chi connectivity index (χ2n) is 14.5. The number of hydrogen-bond donors (Lipinski definition) is 0. The fourth-order valence-corrected chi connectivity index (χ4v) is 10.3. The molecule has 256 valence electrons. The van der Waals surface area contributed by atoms with Crippen molar-refractivity contribution in [3.63, 3.8) is 0 Å². The van der Waals surface area contributed by atoms with E-state index in [4.69, 9.17) is 0 Å². The first kappa shape index (κ1) is 30.5. The highest BCUT2D eigenvalue weighted by atomic mass is 32.1. The van der Waals surface area contributed by atoms with E-state index in [1.807, 2.05) is 11.3 Å². The smallest absolute Gasteiger partial charge is 0.0640 e. The highest BCUT2D eigenvalue weighted by Gasteiger charge is 2.19. The Morgan fingerprint density at radius 1 is 0.291 bits per heavy atom. The van der Waals surface area contributed by atoms with Crippen LogP contribution in [-0.4, -0.2) is 9.13 Å². The number of nitrogens with zero attached hydrogens (tertiary/aromatic N) is 2. The molecule has 0 unspecified atom stereocenters. The van der Waals surface area contributed by atoms with Crippen LogP contribution >= 0.6 is 11.3 Å². The molecule has 0 saturated carbocycles. The third-order valence-corrected chi connectivity index (χ3v) is 12.7. The molecule has 3 aromatic heterocycles. The van der Waals surface area contributed by atoms with Crippen LogP contribution in [0.25, 0.3) is 108 Å². The number of thiophene rings is 1. The molecule has 0 radical (unpaired) electrons. The van der Waals surface area contributed by atoms with Crippen LogP contribution in [0.2, 0.25) is 0 Å². The average Bonchev–Trinajstić information content (AvgIpc) is 3.91. The minimum Gasteiger partial charge on any atom is -0.309 e. The van der Waals surface area contributed by atoms with E-state index >= 15 is 0 Å². The molecule has 0 fully saturated rings. The maximum absolute atomic E-state index is 2.47. The molecule has 12 aromatic rings. The SMILES string of the molecule is c1ccc(-c2ccc(-n3c4ccccc4c4cc(-c5ccc6c(c5)c5ccccc5n6-c5cccc6c5sc5ccccc56)ccc43)c3ccccc23)cc1. The molecule has 0 aliphatic heterocycles. The maximum atomic E-state index is 2.47. The largest absolute Gasteiger partial charge is 0.309 e. The number of hydrogen-bond acceptors (Lipinski definition) is 1. The van der Waals surface area contributed by atoms with Crippen LogP contribution in [0.4, 0.5) is 0 Å². The van der Waals surface area contributed by atoms with Gasteiger partial charge in [-0.25, -0.2) is 0 Å². The fraction of sp³-hybridized carbons (Fsp3) is 0. The number of benzene rings is 9. The molecule has 55 heavy (non-hydrogen) atoms. The molecule has 3 heterocycles. The van der Waals surface area contributed by atoms with Gasteiger partial charge in [0.05, 0.1) is 38.1 Å². The van der Waals surface area contributed by atoms with Crippen LogP contribution in [-0.2, 0) is 0 Å². The summed E-state index contributed by atoms with van der Waals surface area (Å²) in [6.45, 7) is 0. The Morgan fingerprint density at radius 3 is 1.51 bits per heavy atom. The second kappa shape index (κ2) is 11.8. The lowest BCUT2D eigenvalue weighted by Gasteiger charge is -2.15. The maximum Gasteiger partial charge on any atom is 0.0640 e. The average molecular weight is 717 g/mol. The molecule has 0 aliphatic carbocycles. The van der Waals surface area contributed by atoms with Crippen LogP contribution in [0.5, 0.6) is 0 Å². The summed E-state index contributed by atoms with van der Waals surface area (Å²) in [4.78, 5) is 0. The Kier molecular flexibility index (Phi) is 6.54. The number of aromatic nitrogens is 2. The van der Waals surface area contributed by atoms with Crippen molar-refractivity contribution in [2.45, 2.75) is 0 Å². The van der Waals surface area contributed by atoms with E-state index in [2.05, 4.69) is 203 Å². The van der Waals surface area contributed by atoms with Gasteiger partial charge in [-0.15, -0.1) is 11.3 Å². The van der Waals surface area contributed by atoms with Crippen LogP contribution < -0.4 is 0 Å². The first-order chi connectivity index (χ1) is 27.3. The monoisotopic (exact) mass is 716 g/mol. The van der Waals surface area contributed by atoms with Gasteiger partial charge in [-0.1, -0.05) is 140 Å². The zero-order valence-electron chi connectivity index (χ0n) is 29.8. The molecule has 2 nitrogen and oxygen atoms in total. The third-order valence-electron chi connectivity index (χ3n) is 11.5. The zero-order chi connectivity index (χ0) is 36.0. The first-order valence-corrected chi connectivity index (χ1v) is 19.7. The molecule has 0 bridgehead atoms. The quantitative estimate of drug-likeness (QED) is 0.172. The minimum atomic E-state index is 1.19. The van der Waals surface area contributed by atoms with Crippen molar-refractivity contribution in [2.75, 3.05) is 0 Å². The van der Waals surface area contributed by atoms with Gasteiger partial charge in [0.25, 0.3) is 0 Å². The Balaban J connectivity index is 1.05. The first-order valence-electron chi connectivity index (χ1n) is 18.9. The summed E-state index contributed by atoms with van der Waals surface area (Å²) in [5.74, 6) is 0. The van der Waals surface area contributed by atoms with Crippen molar-refractivity contribution in [3.05, 3.63) is 194 Å². The fourth-order valence-electron chi connectivity index (χ4n) is 9.08. The molecule has 9 aromatic carbocycles. The Morgan fingerprint density at radius 2 is 0.818 bits per heavy atom. The Hall–Kier alpha value is -6.94. The van der Waals surface area contributed by atoms with Crippen molar-refractivity contribution in [2.24, 2.45) is 0 Å². The lowest BCUT2D eigenvalue weighted by Crippen LogP contribution is -1.96. The standard InChI is InChI=1S/C52H32N2S/c1-2-13-33(14-3-1)36-27-30-47(38-16-5-4-15-37(36)38)53-45-21-9-6-17-39(45)43-31-34(25-28-48(43)53)35-26-29-49-44(32-35)40-18-7-10-22-46(40)54(49)50-23-12-20-42-41-19-8-11-24-51(41)55-52(42)50/h1-32H. The summed E-state index contributed by atoms with van der Waals surface area (Å²) in [5, 5.41) is 10.2. The van der Waals surface area contributed by atoms with Gasteiger partial charge in [0.1, 0.15) is 0 Å². The number of fused-ring (bicyclic) bond motifs is 10. The molecule has 3 heteroatoms. The summed E-state index contributed by atoms with van der Waals surface area (Å²) < 4.78 is 7.56. The van der Waals surface area contributed by atoms with E-state index in [0.717, 1.165) is 0 Å². The van der Waals surface area contributed by atoms with Gasteiger partial charge >= 0.3 is 0 Å². The van der Waals surface area contributed by atoms with Crippen molar-refractivity contribution in [3.8, 4) is 33.6 Å². The number of para-hydroxylation sites is 2. The van der Waals surface area contributed by atoms with Gasteiger partial charge in [0.2, 0.25) is 0 Å². The van der Waals surface area contributed by atoms with Gasteiger partial charge < -0.3 is 9.13 Å². The predicted octanol–water partition coefficient (Wildman–Crippen LogP) is 14.7. The highest BCUT2D eigenvalue weighted by molar-refractivity contribution is 7.26. The van der Waals surface area contributed by atoms with Crippen molar-refractivity contribution in [1.82, 2.24) is 9.13 Å². The topological polar surface area (TPSA) is 9.86 Å². The van der Waals surface area contributed by atoms with E-state index < -0.39 is 0 Å². The van der Waals surface area contributed by atoms with Gasteiger partial charge in [0, 0.05) is 42.4 Å². The predicted molar refractivity (Wildman–Crippen MR) is 236 cm³/mol.